The van der Waals surface area contributed by atoms with Crippen LogP contribution in [0.1, 0.15) is 25.7 Å². The van der Waals surface area contributed by atoms with Crippen molar-refractivity contribution in [1.82, 2.24) is 4.90 Å². The highest BCUT2D eigenvalue weighted by molar-refractivity contribution is 6.30. The summed E-state index contributed by atoms with van der Waals surface area (Å²) in [6, 6.07) is 6.47. The molecule has 8 heteroatoms. The Kier molecular flexibility index (Phi) is 5.56. The van der Waals surface area contributed by atoms with Crippen LogP contribution in [0.4, 0.5) is 5.69 Å². The predicted molar refractivity (Wildman–Crippen MR) is 93.2 cm³/mol. The molecule has 1 N–H and O–H groups in total. The van der Waals surface area contributed by atoms with Crippen LogP contribution in [0.2, 0.25) is 5.02 Å². The first-order chi connectivity index (χ1) is 12.5. The highest BCUT2D eigenvalue weighted by atomic mass is 35.5. The second-order valence-electron chi connectivity index (χ2n) is 6.48. The summed E-state index contributed by atoms with van der Waals surface area (Å²) in [6.07, 6.45) is 3.21. The Labute approximate surface area is 155 Å². The van der Waals surface area contributed by atoms with Crippen molar-refractivity contribution in [3.63, 3.8) is 0 Å². The number of ether oxygens (including phenoxy) is 1. The van der Waals surface area contributed by atoms with Gasteiger partial charge in [0.1, 0.15) is 6.54 Å². The Morgan fingerprint density at radius 3 is 2.23 bits per heavy atom. The number of likely N-dealkylation sites (tertiary alicyclic amines) is 1. The van der Waals surface area contributed by atoms with E-state index in [9.17, 15) is 19.2 Å². The Morgan fingerprint density at radius 2 is 1.65 bits per heavy atom. The van der Waals surface area contributed by atoms with Crippen LogP contribution in [-0.4, -0.2) is 41.7 Å². The zero-order valence-corrected chi connectivity index (χ0v) is 14.8. The number of nitrogens with zero attached hydrogens (tertiary/aromatic N) is 1. The molecule has 26 heavy (non-hydrogen) atoms. The van der Waals surface area contributed by atoms with Crippen molar-refractivity contribution in [2.45, 2.75) is 25.7 Å². The van der Waals surface area contributed by atoms with E-state index in [1.807, 2.05) is 0 Å². The number of halogens is 1. The summed E-state index contributed by atoms with van der Waals surface area (Å²) in [5.74, 6) is -2.52. The number of nitrogens with one attached hydrogen (secondary N) is 1. The average Bonchev–Trinajstić information content (AvgIpc) is 2.87. The standard InChI is InChI=1S/C18H19ClN2O5/c19-11-5-7-12(8-6-11)20-15(22)10-26-16(23)9-21-17(24)13-3-1-2-4-14(13)18(21)25/h5-8,13-14H,1-4,9-10H2,(H,20,22)/t13-,14+. The molecule has 1 saturated carbocycles. The minimum absolute atomic E-state index is 0.303. The normalized spacial score (nSPS) is 22.1. The summed E-state index contributed by atoms with van der Waals surface area (Å²) in [7, 11) is 0. The van der Waals surface area contributed by atoms with Crippen LogP contribution in [-0.2, 0) is 23.9 Å². The lowest BCUT2D eigenvalue weighted by molar-refractivity contribution is -0.154. The highest BCUT2D eigenvalue weighted by Crippen LogP contribution is 2.37. The van der Waals surface area contributed by atoms with Gasteiger partial charge in [-0.05, 0) is 37.1 Å². The largest absolute Gasteiger partial charge is 0.454 e. The molecular weight excluding hydrogens is 360 g/mol. The highest BCUT2D eigenvalue weighted by Gasteiger charge is 2.48. The van der Waals surface area contributed by atoms with Crippen LogP contribution in [0.25, 0.3) is 0 Å². The minimum atomic E-state index is -0.781. The second kappa shape index (κ2) is 7.86. The maximum Gasteiger partial charge on any atom is 0.326 e. The molecule has 1 aromatic rings. The Balaban J connectivity index is 1.48. The van der Waals surface area contributed by atoms with E-state index in [1.54, 1.807) is 24.3 Å². The van der Waals surface area contributed by atoms with Crippen molar-refractivity contribution in [2.24, 2.45) is 11.8 Å². The lowest BCUT2D eigenvalue weighted by atomic mass is 9.81. The number of imide groups is 1. The van der Waals surface area contributed by atoms with Gasteiger partial charge in [0.15, 0.2) is 6.61 Å². The van der Waals surface area contributed by atoms with Crippen LogP contribution < -0.4 is 5.32 Å². The van der Waals surface area contributed by atoms with E-state index in [1.165, 1.54) is 0 Å². The molecule has 1 aliphatic heterocycles. The molecule has 3 amide bonds. The molecule has 0 spiro atoms. The van der Waals surface area contributed by atoms with Crippen molar-refractivity contribution >= 4 is 41.0 Å². The zero-order valence-electron chi connectivity index (χ0n) is 14.1. The Bertz CT molecular complexity index is 710. The van der Waals surface area contributed by atoms with E-state index in [0.29, 0.717) is 23.6 Å². The van der Waals surface area contributed by atoms with Gasteiger partial charge in [-0.25, -0.2) is 0 Å². The molecule has 2 aliphatic rings. The van der Waals surface area contributed by atoms with Crippen LogP contribution in [0, 0.1) is 11.8 Å². The van der Waals surface area contributed by atoms with Gasteiger partial charge in [0.2, 0.25) is 11.8 Å². The molecule has 3 rings (SSSR count). The third-order valence-electron chi connectivity index (χ3n) is 4.71. The van der Waals surface area contributed by atoms with E-state index in [4.69, 9.17) is 16.3 Å². The molecule has 0 bridgehead atoms. The maximum atomic E-state index is 12.3. The van der Waals surface area contributed by atoms with Crippen LogP contribution >= 0.6 is 11.6 Å². The topological polar surface area (TPSA) is 92.8 Å². The maximum absolute atomic E-state index is 12.3. The van der Waals surface area contributed by atoms with Gasteiger partial charge in [-0.2, -0.15) is 0 Å². The number of carbonyl (C=O) groups is 4. The lowest BCUT2D eigenvalue weighted by Crippen LogP contribution is -2.37. The first kappa shape index (κ1) is 18.4. The summed E-state index contributed by atoms with van der Waals surface area (Å²) in [6.45, 7) is -0.941. The molecule has 2 fully saturated rings. The molecule has 1 aromatic carbocycles. The van der Waals surface area contributed by atoms with Crippen LogP contribution in [0.15, 0.2) is 24.3 Å². The molecule has 1 saturated heterocycles. The number of rotatable bonds is 5. The van der Waals surface area contributed by atoms with E-state index in [-0.39, 0.29) is 23.7 Å². The van der Waals surface area contributed by atoms with Gasteiger partial charge in [-0.3, -0.25) is 24.1 Å². The van der Waals surface area contributed by atoms with Crippen LogP contribution in [0.3, 0.4) is 0 Å². The number of amides is 3. The quantitative estimate of drug-likeness (QED) is 0.624. The Morgan fingerprint density at radius 1 is 1.08 bits per heavy atom. The number of fused-ring (bicyclic) bond motifs is 1. The Hall–Kier alpha value is -2.41. The van der Waals surface area contributed by atoms with Crippen molar-refractivity contribution < 1.29 is 23.9 Å². The number of anilines is 1. The first-order valence-electron chi connectivity index (χ1n) is 8.52. The fourth-order valence-corrected chi connectivity index (χ4v) is 3.56. The summed E-state index contributed by atoms with van der Waals surface area (Å²) >= 11 is 5.76. The predicted octanol–water partition coefficient (Wildman–Crippen LogP) is 2.00. The molecule has 138 valence electrons. The smallest absolute Gasteiger partial charge is 0.326 e. The van der Waals surface area contributed by atoms with Gasteiger partial charge in [0, 0.05) is 10.7 Å². The van der Waals surface area contributed by atoms with Gasteiger partial charge < -0.3 is 10.1 Å². The third-order valence-corrected chi connectivity index (χ3v) is 4.96. The van der Waals surface area contributed by atoms with Gasteiger partial charge in [-0.1, -0.05) is 24.4 Å². The van der Waals surface area contributed by atoms with Crippen molar-refractivity contribution in [2.75, 3.05) is 18.5 Å². The number of benzene rings is 1. The molecular formula is C18H19ClN2O5. The van der Waals surface area contributed by atoms with Crippen molar-refractivity contribution in [1.29, 1.82) is 0 Å². The minimum Gasteiger partial charge on any atom is -0.454 e. The summed E-state index contributed by atoms with van der Waals surface area (Å²) < 4.78 is 4.89. The summed E-state index contributed by atoms with van der Waals surface area (Å²) in [5.41, 5.74) is 0.518. The fraction of sp³-hybridized carbons (Fsp3) is 0.444. The average molecular weight is 379 g/mol. The number of hydrogen-bond donors (Lipinski definition) is 1. The third kappa shape index (κ3) is 4.04. The van der Waals surface area contributed by atoms with Gasteiger partial charge >= 0.3 is 5.97 Å². The summed E-state index contributed by atoms with van der Waals surface area (Å²) in [4.78, 5) is 49.3. The van der Waals surface area contributed by atoms with E-state index in [0.717, 1.165) is 17.7 Å². The van der Waals surface area contributed by atoms with E-state index in [2.05, 4.69) is 5.32 Å². The molecule has 1 aliphatic carbocycles. The number of esters is 1. The van der Waals surface area contributed by atoms with Crippen molar-refractivity contribution in [3.05, 3.63) is 29.3 Å². The first-order valence-corrected chi connectivity index (χ1v) is 8.90. The van der Waals surface area contributed by atoms with Gasteiger partial charge in [-0.15, -0.1) is 0 Å². The second-order valence-corrected chi connectivity index (χ2v) is 6.91. The molecule has 0 unspecified atom stereocenters. The van der Waals surface area contributed by atoms with E-state index < -0.39 is 25.0 Å². The van der Waals surface area contributed by atoms with Gasteiger partial charge in [0.05, 0.1) is 11.8 Å². The fourth-order valence-electron chi connectivity index (χ4n) is 3.44. The van der Waals surface area contributed by atoms with Crippen LogP contribution in [0.5, 0.6) is 0 Å². The van der Waals surface area contributed by atoms with E-state index >= 15 is 0 Å². The molecule has 1 heterocycles. The lowest BCUT2D eigenvalue weighted by Gasteiger charge is -2.19. The molecule has 7 nitrogen and oxygen atoms in total. The number of carbonyl (C=O) groups excluding carboxylic acids is 4. The SMILES string of the molecule is O=C(COC(=O)CN1C(=O)[C@H]2CCCC[C@H]2C1=O)Nc1ccc(Cl)cc1. The van der Waals surface area contributed by atoms with Crippen molar-refractivity contribution in [3.8, 4) is 0 Å². The molecule has 2 atom stereocenters. The number of hydrogen-bond acceptors (Lipinski definition) is 5. The monoisotopic (exact) mass is 378 g/mol. The zero-order chi connectivity index (χ0) is 18.7. The molecule has 0 radical (unpaired) electrons. The summed E-state index contributed by atoms with van der Waals surface area (Å²) in [5, 5.41) is 3.09. The van der Waals surface area contributed by atoms with Gasteiger partial charge in [0.25, 0.3) is 5.91 Å². The molecule has 0 aromatic heterocycles.